The summed E-state index contributed by atoms with van der Waals surface area (Å²) in [4.78, 5) is 10.8. The maximum Gasteiger partial charge on any atom is 0.172 e. The fourth-order valence-corrected chi connectivity index (χ4v) is 2.18. The van der Waals surface area contributed by atoms with E-state index in [9.17, 15) is 0 Å². The topological polar surface area (TPSA) is 41.1 Å². The van der Waals surface area contributed by atoms with Crippen molar-refractivity contribution in [1.82, 2.24) is 9.97 Å². The van der Waals surface area contributed by atoms with Gasteiger partial charge in [0.15, 0.2) is 11.0 Å². The third kappa shape index (κ3) is 3.02. The molecule has 0 aliphatic rings. The van der Waals surface area contributed by atoms with Gasteiger partial charge in [0.2, 0.25) is 0 Å². The largest absolute Gasteiger partial charge is 0.377 e. The minimum Gasteiger partial charge on any atom is -0.377 e. The Morgan fingerprint density at radius 3 is 2.35 bits per heavy atom. The minimum atomic E-state index is 0.389. The molecule has 0 aliphatic heterocycles. The number of hydrogen-bond acceptors (Lipinski definition) is 4. The highest BCUT2D eigenvalue weighted by atomic mass is 35.5. The lowest BCUT2D eigenvalue weighted by atomic mass is 10.1. The molecule has 4 nitrogen and oxygen atoms in total. The molecule has 2 rings (SSSR count). The van der Waals surface area contributed by atoms with E-state index in [4.69, 9.17) is 11.6 Å². The summed E-state index contributed by atoms with van der Waals surface area (Å²) < 4.78 is 0. The van der Waals surface area contributed by atoms with E-state index in [-0.39, 0.29) is 0 Å². The Hall–Kier alpha value is -1.81. The molecule has 0 unspecified atom stereocenters. The van der Waals surface area contributed by atoms with Gasteiger partial charge in [-0.05, 0) is 38.5 Å². The van der Waals surface area contributed by atoms with Crippen LogP contribution in [0.15, 0.2) is 18.2 Å². The quantitative estimate of drug-likeness (QED) is 0.932. The molecule has 1 heterocycles. The Labute approximate surface area is 124 Å². The van der Waals surface area contributed by atoms with E-state index in [1.807, 2.05) is 34.0 Å². The second-order valence-corrected chi connectivity index (χ2v) is 5.41. The van der Waals surface area contributed by atoms with Crippen LogP contribution < -0.4 is 10.2 Å². The standard InChI is InChI=1S/C15H19ClN4/c1-9-6-7-12(8-13(9)20(4)5)19-15-14(16)17-10(2)11(3)18-15/h6-8H,1-5H3,(H,18,19). The van der Waals surface area contributed by atoms with Crippen LogP contribution in [0, 0.1) is 20.8 Å². The van der Waals surface area contributed by atoms with Crippen molar-refractivity contribution in [3.8, 4) is 0 Å². The van der Waals surface area contributed by atoms with Crippen LogP contribution in [0.4, 0.5) is 17.2 Å². The summed E-state index contributed by atoms with van der Waals surface area (Å²) in [5, 5.41) is 3.62. The lowest BCUT2D eigenvalue weighted by molar-refractivity contribution is 1.05. The maximum atomic E-state index is 6.14. The summed E-state index contributed by atoms with van der Waals surface area (Å²) in [6, 6.07) is 6.15. The number of anilines is 3. The van der Waals surface area contributed by atoms with E-state index in [0.29, 0.717) is 11.0 Å². The normalized spacial score (nSPS) is 10.5. The second-order valence-electron chi connectivity index (χ2n) is 5.05. The van der Waals surface area contributed by atoms with E-state index in [2.05, 4.69) is 39.2 Å². The van der Waals surface area contributed by atoms with Crippen molar-refractivity contribution in [2.75, 3.05) is 24.3 Å². The van der Waals surface area contributed by atoms with Crippen molar-refractivity contribution in [3.63, 3.8) is 0 Å². The highest BCUT2D eigenvalue weighted by Gasteiger charge is 2.09. The first-order chi connectivity index (χ1) is 9.38. The first-order valence-corrected chi connectivity index (χ1v) is 6.82. The van der Waals surface area contributed by atoms with Crippen molar-refractivity contribution in [2.24, 2.45) is 0 Å². The average Bonchev–Trinajstić information content (AvgIpc) is 2.37. The Balaban J connectivity index is 2.35. The molecule has 0 saturated heterocycles. The Bertz CT molecular complexity index is 638. The Morgan fingerprint density at radius 2 is 1.70 bits per heavy atom. The lowest BCUT2D eigenvalue weighted by Gasteiger charge is -2.17. The van der Waals surface area contributed by atoms with Crippen LogP contribution >= 0.6 is 11.6 Å². The van der Waals surface area contributed by atoms with Crippen LogP contribution in [0.1, 0.15) is 17.0 Å². The zero-order valence-electron chi connectivity index (χ0n) is 12.5. The molecule has 0 radical (unpaired) electrons. The predicted molar refractivity (Wildman–Crippen MR) is 85.3 cm³/mol. The third-order valence-electron chi connectivity index (χ3n) is 3.22. The van der Waals surface area contributed by atoms with Crippen molar-refractivity contribution in [1.29, 1.82) is 0 Å². The summed E-state index contributed by atoms with van der Waals surface area (Å²) in [5.41, 5.74) is 5.04. The van der Waals surface area contributed by atoms with Gasteiger partial charge in [-0.2, -0.15) is 0 Å². The minimum absolute atomic E-state index is 0.389. The SMILES string of the molecule is Cc1ccc(Nc2nc(C)c(C)nc2Cl)cc1N(C)C. The fraction of sp³-hybridized carbons (Fsp3) is 0.333. The molecule has 1 aromatic heterocycles. The molecule has 0 fully saturated rings. The van der Waals surface area contributed by atoms with Gasteiger partial charge in [0.25, 0.3) is 0 Å². The molecule has 0 amide bonds. The number of aryl methyl sites for hydroxylation is 3. The summed E-state index contributed by atoms with van der Waals surface area (Å²) in [5.74, 6) is 0.586. The number of nitrogens with one attached hydrogen (secondary N) is 1. The second kappa shape index (κ2) is 5.67. The van der Waals surface area contributed by atoms with E-state index in [0.717, 1.165) is 22.8 Å². The van der Waals surface area contributed by atoms with Crippen molar-refractivity contribution < 1.29 is 0 Å². The number of rotatable bonds is 3. The number of halogens is 1. The highest BCUT2D eigenvalue weighted by molar-refractivity contribution is 6.31. The first kappa shape index (κ1) is 14.6. The molecule has 20 heavy (non-hydrogen) atoms. The molecule has 1 aromatic carbocycles. The number of nitrogens with zero attached hydrogens (tertiary/aromatic N) is 3. The molecule has 0 bridgehead atoms. The van der Waals surface area contributed by atoms with Gasteiger partial charge in [-0.3, -0.25) is 0 Å². The molecular weight excluding hydrogens is 272 g/mol. The third-order valence-corrected chi connectivity index (χ3v) is 3.48. The summed E-state index contributed by atoms with van der Waals surface area (Å²) in [7, 11) is 4.05. The number of hydrogen-bond donors (Lipinski definition) is 1. The summed E-state index contributed by atoms with van der Waals surface area (Å²) in [6.07, 6.45) is 0. The highest BCUT2D eigenvalue weighted by Crippen LogP contribution is 2.27. The zero-order valence-corrected chi connectivity index (χ0v) is 13.2. The smallest absolute Gasteiger partial charge is 0.172 e. The summed E-state index contributed by atoms with van der Waals surface area (Å²) >= 11 is 6.14. The molecule has 0 spiro atoms. The van der Waals surface area contributed by atoms with Gasteiger partial charge >= 0.3 is 0 Å². The van der Waals surface area contributed by atoms with E-state index in [1.54, 1.807) is 0 Å². The molecule has 2 aromatic rings. The first-order valence-electron chi connectivity index (χ1n) is 6.44. The molecule has 0 atom stereocenters. The van der Waals surface area contributed by atoms with Gasteiger partial charge in [-0.1, -0.05) is 17.7 Å². The molecule has 1 N–H and O–H groups in total. The van der Waals surface area contributed by atoms with Crippen LogP contribution in [0.5, 0.6) is 0 Å². The molecule has 5 heteroatoms. The van der Waals surface area contributed by atoms with Gasteiger partial charge in [0.1, 0.15) is 0 Å². The monoisotopic (exact) mass is 290 g/mol. The van der Waals surface area contributed by atoms with Gasteiger partial charge in [0.05, 0.1) is 11.4 Å². The predicted octanol–water partition coefficient (Wildman–Crippen LogP) is 3.86. The van der Waals surface area contributed by atoms with Crippen LogP contribution in [-0.2, 0) is 0 Å². The van der Waals surface area contributed by atoms with E-state index < -0.39 is 0 Å². The summed E-state index contributed by atoms with van der Waals surface area (Å²) in [6.45, 7) is 5.90. The molecule has 0 aliphatic carbocycles. The molecule has 0 saturated carbocycles. The zero-order chi connectivity index (χ0) is 14.9. The Kier molecular flexibility index (Phi) is 4.14. The van der Waals surface area contributed by atoms with Gasteiger partial charge < -0.3 is 10.2 Å². The maximum absolute atomic E-state index is 6.14. The van der Waals surface area contributed by atoms with Gasteiger partial charge in [-0.15, -0.1) is 0 Å². The van der Waals surface area contributed by atoms with Crippen LogP contribution in [0.2, 0.25) is 5.15 Å². The average molecular weight is 291 g/mol. The van der Waals surface area contributed by atoms with Crippen molar-refractivity contribution >= 4 is 28.8 Å². The van der Waals surface area contributed by atoms with Crippen molar-refractivity contribution in [2.45, 2.75) is 20.8 Å². The lowest BCUT2D eigenvalue weighted by Crippen LogP contribution is -2.10. The van der Waals surface area contributed by atoms with Crippen LogP contribution in [0.25, 0.3) is 0 Å². The van der Waals surface area contributed by atoms with Crippen LogP contribution in [-0.4, -0.2) is 24.1 Å². The van der Waals surface area contributed by atoms with Gasteiger partial charge in [-0.25, -0.2) is 9.97 Å². The number of benzene rings is 1. The Morgan fingerprint density at radius 1 is 1.05 bits per heavy atom. The molecule has 106 valence electrons. The van der Waals surface area contributed by atoms with Crippen molar-refractivity contribution in [3.05, 3.63) is 40.3 Å². The van der Waals surface area contributed by atoms with Gasteiger partial charge in [0, 0.05) is 25.5 Å². The van der Waals surface area contributed by atoms with Crippen LogP contribution in [0.3, 0.4) is 0 Å². The number of aromatic nitrogens is 2. The molecular formula is C15H19ClN4. The van der Waals surface area contributed by atoms with E-state index in [1.165, 1.54) is 5.56 Å². The van der Waals surface area contributed by atoms with E-state index >= 15 is 0 Å². The fourth-order valence-electron chi connectivity index (χ4n) is 1.96.